The first-order chi connectivity index (χ1) is 22.3. The summed E-state index contributed by atoms with van der Waals surface area (Å²) in [6.45, 7) is 11.9. The first-order valence-electron chi connectivity index (χ1n) is 15.7. The molecule has 8 nitrogen and oxygen atoms in total. The van der Waals surface area contributed by atoms with E-state index in [0.29, 0.717) is 11.4 Å². The van der Waals surface area contributed by atoms with Crippen molar-refractivity contribution in [1.82, 2.24) is 10.3 Å². The van der Waals surface area contributed by atoms with Crippen molar-refractivity contribution in [3.63, 3.8) is 0 Å². The Morgan fingerprint density at radius 3 is 2.06 bits per heavy atom. The van der Waals surface area contributed by atoms with Gasteiger partial charge in [-0.05, 0) is 76.2 Å². The normalized spacial score (nSPS) is 12.2. The van der Waals surface area contributed by atoms with Crippen LogP contribution in [0.25, 0.3) is 6.08 Å². The SMILES string of the molecule is CC(=O)Nc1ccc(C=CC(=O)NCC(=O)N(C)c2ccc(C)c(C(O[SiH](c3ccccc3)c3ccccc3)C(C)(C)C)c2C)cn1. The summed E-state index contributed by atoms with van der Waals surface area (Å²) >= 11 is 0. The number of likely N-dealkylation sites (N-methyl/N-ethyl adjacent to an activating group) is 1. The average molecular weight is 649 g/mol. The van der Waals surface area contributed by atoms with Gasteiger partial charge in [0.25, 0.3) is 0 Å². The van der Waals surface area contributed by atoms with Gasteiger partial charge in [0.2, 0.25) is 26.8 Å². The Hall–Kier alpha value is -4.86. The van der Waals surface area contributed by atoms with Gasteiger partial charge in [-0.15, -0.1) is 0 Å². The van der Waals surface area contributed by atoms with Crippen LogP contribution in [-0.4, -0.2) is 45.3 Å². The molecular weight excluding hydrogens is 605 g/mol. The molecule has 0 radical (unpaired) electrons. The highest BCUT2D eigenvalue weighted by atomic mass is 28.3. The van der Waals surface area contributed by atoms with E-state index in [2.05, 4.69) is 91.8 Å². The van der Waals surface area contributed by atoms with Crippen LogP contribution in [0.3, 0.4) is 0 Å². The van der Waals surface area contributed by atoms with Gasteiger partial charge in [0.05, 0.1) is 12.6 Å². The highest BCUT2D eigenvalue weighted by molar-refractivity contribution is 6.80. The molecular formula is C38H44N4O4Si. The quantitative estimate of drug-likeness (QED) is 0.174. The summed E-state index contributed by atoms with van der Waals surface area (Å²) in [6.07, 6.45) is 4.25. The van der Waals surface area contributed by atoms with E-state index in [1.807, 2.05) is 31.2 Å². The number of amides is 3. The standard InChI is InChI=1S/C38H44N4O4Si/c1-26-18-21-32(42(7)35(45)25-40-34(44)23-20-29-19-22-33(39-24-29)41-28(3)43)27(2)36(26)37(38(4,5)6)46-47(30-14-10-8-11-15-30)31-16-12-9-13-17-31/h8-24,37,47H,25H2,1-7H3,(H,40,44)(H,39,41,43). The van der Waals surface area contributed by atoms with E-state index in [1.165, 1.54) is 23.4 Å². The Labute approximate surface area is 279 Å². The lowest BCUT2D eigenvalue weighted by Crippen LogP contribution is -2.47. The number of anilines is 2. The summed E-state index contributed by atoms with van der Waals surface area (Å²) in [5.74, 6) is -0.439. The molecule has 0 saturated carbocycles. The third-order valence-corrected chi connectivity index (χ3v) is 10.4. The second kappa shape index (κ2) is 15.6. The topological polar surface area (TPSA) is 101 Å². The van der Waals surface area contributed by atoms with Crippen molar-refractivity contribution in [3.8, 4) is 0 Å². The molecule has 1 atom stereocenters. The molecule has 9 heteroatoms. The van der Waals surface area contributed by atoms with Crippen LogP contribution in [-0.2, 0) is 18.8 Å². The molecule has 1 unspecified atom stereocenters. The Kier molecular flexibility index (Phi) is 11.6. The first-order valence-corrected chi connectivity index (χ1v) is 17.3. The van der Waals surface area contributed by atoms with Crippen molar-refractivity contribution < 1.29 is 18.8 Å². The largest absolute Gasteiger partial charge is 0.403 e. The van der Waals surface area contributed by atoms with Crippen LogP contribution >= 0.6 is 0 Å². The van der Waals surface area contributed by atoms with Crippen LogP contribution in [0.15, 0.2) is 97.2 Å². The molecule has 2 N–H and O–H groups in total. The molecule has 3 amide bonds. The lowest BCUT2D eigenvalue weighted by molar-refractivity contribution is -0.122. The third kappa shape index (κ3) is 9.34. The minimum Gasteiger partial charge on any atom is -0.403 e. The van der Waals surface area contributed by atoms with Gasteiger partial charge < -0.3 is 20.0 Å². The number of pyridine rings is 1. The van der Waals surface area contributed by atoms with Crippen molar-refractivity contribution in [3.05, 3.63) is 119 Å². The van der Waals surface area contributed by atoms with Crippen molar-refractivity contribution in [1.29, 1.82) is 0 Å². The first kappa shape index (κ1) is 35.0. The highest BCUT2D eigenvalue weighted by Crippen LogP contribution is 2.42. The fourth-order valence-electron chi connectivity index (χ4n) is 5.47. The fourth-order valence-corrected chi connectivity index (χ4v) is 8.13. The minimum atomic E-state index is -2.10. The van der Waals surface area contributed by atoms with Gasteiger partial charge in [0.15, 0.2) is 0 Å². The molecule has 4 aromatic rings. The minimum absolute atomic E-state index is 0.168. The van der Waals surface area contributed by atoms with E-state index in [0.717, 1.165) is 22.4 Å². The monoisotopic (exact) mass is 648 g/mol. The summed E-state index contributed by atoms with van der Waals surface area (Å²) in [5.41, 5.74) is 4.34. The van der Waals surface area contributed by atoms with Crippen molar-refractivity contribution in [2.45, 2.75) is 47.6 Å². The van der Waals surface area contributed by atoms with E-state index < -0.39 is 14.9 Å². The molecule has 0 aliphatic heterocycles. The number of carbonyl (C=O) groups is 3. The molecule has 0 spiro atoms. The van der Waals surface area contributed by atoms with Crippen molar-refractivity contribution in [2.75, 3.05) is 23.8 Å². The summed E-state index contributed by atoms with van der Waals surface area (Å²) in [6, 6.07) is 28.3. The second-order valence-electron chi connectivity index (χ2n) is 12.7. The molecule has 0 aliphatic carbocycles. The van der Waals surface area contributed by atoms with Crippen molar-refractivity contribution in [2.24, 2.45) is 5.41 Å². The Bertz CT molecular complexity index is 1680. The highest BCUT2D eigenvalue weighted by Gasteiger charge is 2.34. The average Bonchev–Trinajstić information content (AvgIpc) is 3.04. The van der Waals surface area contributed by atoms with Gasteiger partial charge >= 0.3 is 0 Å². The maximum Gasteiger partial charge on any atom is 0.246 e. The Morgan fingerprint density at radius 1 is 0.915 bits per heavy atom. The van der Waals surface area contributed by atoms with Gasteiger partial charge in [-0.25, -0.2) is 4.98 Å². The van der Waals surface area contributed by atoms with E-state index in [1.54, 1.807) is 36.4 Å². The number of aryl methyl sites for hydroxylation is 1. The molecule has 0 fully saturated rings. The van der Waals surface area contributed by atoms with Gasteiger partial charge in [0.1, 0.15) is 5.82 Å². The molecule has 3 aromatic carbocycles. The molecule has 0 aliphatic rings. The summed E-state index contributed by atoms with van der Waals surface area (Å²) < 4.78 is 7.24. The maximum absolute atomic E-state index is 13.3. The fraction of sp³-hybridized carbons (Fsp3) is 0.263. The van der Waals surface area contributed by atoms with Crippen LogP contribution < -0.4 is 25.9 Å². The number of rotatable bonds is 11. The zero-order valence-electron chi connectivity index (χ0n) is 28.2. The summed E-state index contributed by atoms with van der Waals surface area (Å²) in [4.78, 5) is 42.8. The van der Waals surface area contributed by atoms with Crippen molar-refractivity contribution >= 4 is 54.7 Å². The van der Waals surface area contributed by atoms with Crippen LogP contribution in [0.2, 0.25) is 0 Å². The summed E-state index contributed by atoms with van der Waals surface area (Å²) in [7, 11) is -0.367. The smallest absolute Gasteiger partial charge is 0.246 e. The van der Waals surface area contributed by atoms with Crippen LogP contribution in [0.1, 0.15) is 56.1 Å². The Morgan fingerprint density at radius 2 is 1.53 bits per heavy atom. The molecule has 4 rings (SSSR count). The van der Waals surface area contributed by atoms with Crippen LogP contribution in [0.4, 0.5) is 11.5 Å². The molecule has 47 heavy (non-hydrogen) atoms. The zero-order chi connectivity index (χ0) is 34.1. The van der Waals surface area contributed by atoms with Crippen LogP contribution in [0.5, 0.6) is 0 Å². The second-order valence-corrected chi connectivity index (χ2v) is 15.1. The molecule has 0 bridgehead atoms. The zero-order valence-corrected chi connectivity index (χ0v) is 29.4. The maximum atomic E-state index is 13.3. The van der Waals surface area contributed by atoms with Gasteiger partial charge in [-0.1, -0.05) is 87.5 Å². The molecule has 1 heterocycles. The lowest BCUT2D eigenvalue weighted by Gasteiger charge is -2.37. The number of aromatic nitrogens is 1. The predicted molar refractivity (Wildman–Crippen MR) is 192 cm³/mol. The number of benzene rings is 3. The van der Waals surface area contributed by atoms with Gasteiger partial charge in [0, 0.05) is 31.9 Å². The molecule has 244 valence electrons. The molecule has 0 saturated heterocycles. The Balaban J connectivity index is 1.53. The number of carbonyl (C=O) groups excluding carboxylic acids is 3. The molecule has 1 aromatic heterocycles. The van der Waals surface area contributed by atoms with E-state index >= 15 is 0 Å². The predicted octanol–water partition coefficient (Wildman–Crippen LogP) is 5.09. The number of nitrogens with zero attached hydrogens (tertiary/aromatic N) is 2. The lowest BCUT2D eigenvalue weighted by atomic mass is 9.81. The van der Waals surface area contributed by atoms with Gasteiger partial charge in [-0.3, -0.25) is 14.4 Å². The van der Waals surface area contributed by atoms with Gasteiger partial charge in [-0.2, -0.15) is 0 Å². The summed E-state index contributed by atoms with van der Waals surface area (Å²) in [5, 5.41) is 7.69. The van der Waals surface area contributed by atoms with E-state index in [-0.39, 0.29) is 29.9 Å². The van der Waals surface area contributed by atoms with E-state index in [9.17, 15) is 14.4 Å². The number of hydrogen-bond acceptors (Lipinski definition) is 5. The van der Waals surface area contributed by atoms with E-state index in [4.69, 9.17) is 4.43 Å². The third-order valence-electron chi connectivity index (χ3n) is 7.90. The number of hydrogen-bond donors (Lipinski definition) is 2. The number of nitrogens with one attached hydrogen (secondary N) is 2. The van der Waals surface area contributed by atoms with Crippen LogP contribution in [0, 0.1) is 19.3 Å².